The fourth-order valence-electron chi connectivity index (χ4n) is 2.25. The molecule has 0 aromatic heterocycles. The number of carbonyl (C=O) groups excluding carboxylic acids is 1. The van der Waals surface area contributed by atoms with E-state index in [4.69, 9.17) is 10.5 Å². The van der Waals surface area contributed by atoms with Crippen LogP contribution in [0.2, 0.25) is 0 Å². The minimum Gasteiger partial charge on any atom is -0.369 e. The highest BCUT2D eigenvalue weighted by Gasteiger charge is 2.41. The van der Waals surface area contributed by atoms with Crippen molar-refractivity contribution >= 4 is 15.6 Å². The molecule has 1 rings (SSSR count). The van der Waals surface area contributed by atoms with Crippen molar-refractivity contribution in [2.24, 2.45) is 17.1 Å². The van der Waals surface area contributed by atoms with E-state index in [0.717, 1.165) is 13.1 Å². The Morgan fingerprint density at radius 3 is 2.47 bits per heavy atom. The molecule has 6 heteroatoms. The van der Waals surface area contributed by atoms with Crippen LogP contribution in [0.3, 0.4) is 0 Å². The van der Waals surface area contributed by atoms with Gasteiger partial charge in [-0.2, -0.15) is 0 Å². The van der Waals surface area contributed by atoms with Crippen LogP contribution in [0.25, 0.3) is 0 Å². The second-order valence-electron chi connectivity index (χ2n) is 4.79. The van der Waals surface area contributed by atoms with Gasteiger partial charge in [0.25, 0.3) is 0 Å². The summed E-state index contributed by atoms with van der Waals surface area (Å²) >= 11 is 0. The number of nitrogens with two attached hydrogens (primary N) is 1. The number of allylic oxidation sites excluding steroid dienone is 1. The third-order valence-corrected chi connectivity index (χ3v) is 4.16. The monoisotopic (exact) mass is 259 g/mol. The molecule has 0 aromatic carbocycles. The van der Waals surface area contributed by atoms with E-state index in [1.807, 2.05) is 6.92 Å². The van der Waals surface area contributed by atoms with Crippen molar-refractivity contribution in [3.8, 4) is 0 Å². The van der Waals surface area contributed by atoms with E-state index in [1.165, 1.54) is 11.7 Å². The fourth-order valence-corrected chi connectivity index (χ4v) is 2.79. The Morgan fingerprint density at radius 2 is 2.06 bits per heavy atom. The summed E-state index contributed by atoms with van der Waals surface area (Å²) in [6, 6.07) is 0. The van der Waals surface area contributed by atoms with Gasteiger partial charge < -0.3 is 11.1 Å². The summed E-state index contributed by atoms with van der Waals surface area (Å²) < 4.78 is 18.6. The maximum Gasteiger partial charge on any atom is 0.224 e. The molecule has 0 unspecified atom stereocenters. The van der Waals surface area contributed by atoms with Crippen LogP contribution in [0.4, 0.5) is 0 Å². The maximum atomic E-state index is 11.7. The van der Waals surface area contributed by atoms with Gasteiger partial charge in [-0.25, -0.2) is 8.99 Å². The topological polar surface area (TPSA) is 96.0 Å². The van der Waals surface area contributed by atoms with Gasteiger partial charge >= 0.3 is 0 Å². The number of hydrogen-bond acceptors (Lipinski definition) is 4. The molecular weight excluding hydrogens is 238 g/mol. The zero-order valence-electron chi connectivity index (χ0n) is 10.4. The zero-order valence-corrected chi connectivity index (χ0v) is 11.2. The van der Waals surface area contributed by atoms with Crippen molar-refractivity contribution in [3.63, 3.8) is 0 Å². The van der Waals surface area contributed by atoms with Crippen molar-refractivity contribution in [1.29, 1.82) is 4.78 Å². The van der Waals surface area contributed by atoms with Crippen molar-refractivity contribution in [1.82, 2.24) is 5.32 Å². The first-order valence-corrected chi connectivity index (χ1v) is 7.73. The van der Waals surface area contributed by atoms with Crippen molar-refractivity contribution < 1.29 is 9.00 Å². The summed E-state index contributed by atoms with van der Waals surface area (Å²) in [7, 11) is -2.66. The van der Waals surface area contributed by atoms with E-state index in [2.05, 4.69) is 5.32 Å². The molecule has 4 N–H and O–H groups in total. The average molecular weight is 259 g/mol. The van der Waals surface area contributed by atoms with Gasteiger partial charge in [0.05, 0.1) is 15.1 Å². The Bertz CT molecular complexity index is 408. The molecule has 0 radical (unpaired) electrons. The van der Waals surface area contributed by atoms with Gasteiger partial charge in [0.2, 0.25) is 5.91 Å². The second-order valence-corrected chi connectivity index (χ2v) is 6.87. The number of piperidine rings is 1. The summed E-state index contributed by atoms with van der Waals surface area (Å²) in [6.07, 6.45) is 4.44. The van der Waals surface area contributed by atoms with Crippen LogP contribution in [-0.4, -0.2) is 29.5 Å². The van der Waals surface area contributed by atoms with E-state index in [9.17, 15) is 9.00 Å². The lowest BCUT2D eigenvalue weighted by Gasteiger charge is -2.38. The van der Waals surface area contributed by atoms with E-state index >= 15 is 0 Å². The van der Waals surface area contributed by atoms with Crippen LogP contribution in [0.5, 0.6) is 0 Å². The molecule has 5 nitrogen and oxygen atoms in total. The first-order chi connectivity index (χ1) is 7.78. The predicted octanol–water partition coefficient (Wildman–Crippen LogP) is 0.668. The van der Waals surface area contributed by atoms with E-state index in [1.54, 1.807) is 6.08 Å². The SMILES string of the molecule is C[C@H](/C=C\[S@](C)(=N)=O)C1(C(N)=O)CCNCC1. The van der Waals surface area contributed by atoms with Gasteiger partial charge in [-0.1, -0.05) is 13.0 Å². The molecule has 1 aliphatic heterocycles. The van der Waals surface area contributed by atoms with Gasteiger partial charge in [-0.15, -0.1) is 0 Å². The second kappa shape index (κ2) is 5.18. The van der Waals surface area contributed by atoms with Crippen LogP contribution < -0.4 is 11.1 Å². The van der Waals surface area contributed by atoms with Crippen LogP contribution >= 0.6 is 0 Å². The molecule has 0 aliphatic carbocycles. The predicted molar refractivity (Wildman–Crippen MR) is 68.8 cm³/mol. The van der Waals surface area contributed by atoms with E-state index < -0.39 is 15.1 Å². The first kappa shape index (κ1) is 14.2. The van der Waals surface area contributed by atoms with Crippen LogP contribution in [0.15, 0.2) is 11.5 Å². The molecule has 2 atom stereocenters. The highest BCUT2D eigenvalue weighted by atomic mass is 32.2. The Hall–Kier alpha value is -0.880. The molecule has 17 heavy (non-hydrogen) atoms. The third kappa shape index (κ3) is 3.54. The summed E-state index contributed by atoms with van der Waals surface area (Å²) in [5.41, 5.74) is 4.96. The number of hydrogen-bond donors (Lipinski definition) is 3. The third-order valence-electron chi connectivity index (χ3n) is 3.49. The average Bonchev–Trinajstić information content (AvgIpc) is 2.25. The standard InChI is InChI=1S/C11H21N3O2S/c1-9(3-8-17(2,13)16)11(10(12)15)4-6-14-7-5-11/h3,8-9,13-14H,4-7H2,1-2H3,(H2,12,15)/b8-3-/t9-,17-/m1/s1. The van der Waals surface area contributed by atoms with E-state index in [-0.39, 0.29) is 11.8 Å². The smallest absolute Gasteiger partial charge is 0.224 e. The zero-order chi connectivity index (χ0) is 13.1. The first-order valence-electron chi connectivity index (χ1n) is 5.70. The Kier molecular flexibility index (Phi) is 4.32. The molecule has 1 heterocycles. The largest absolute Gasteiger partial charge is 0.369 e. The van der Waals surface area contributed by atoms with Gasteiger partial charge in [-0.3, -0.25) is 4.79 Å². The number of primary amides is 1. The number of nitrogens with one attached hydrogen (secondary N) is 2. The number of amides is 1. The van der Waals surface area contributed by atoms with Crippen LogP contribution in [-0.2, 0) is 14.5 Å². The summed E-state index contributed by atoms with van der Waals surface area (Å²) in [5, 5.41) is 4.58. The summed E-state index contributed by atoms with van der Waals surface area (Å²) in [4.78, 5) is 11.7. The summed E-state index contributed by atoms with van der Waals surface area (Å²) in [6.45, 7) is 3.44. The maximum absolute atomic E-state index is 11.7. The van der Waals surface area contributed by atoms with Gasteiger partial charge in [0.1, 0.15) is 0 Å². The molecule has 0 saturated carbocycles. The molecule has 0 bridgehead atoms. The number of rotatable bonds is 4. The summed E-state index contributed by atoms with van der Waals surface area (Å²) in [5.74, 6) is -0.392. The lowest BCUT2D eigenvalue weighted by molar-refractivity contribution is -0.131. The Morgan fingerprint density at radius 1 is 1.53 bits per heavy atom. The molecular formula is C11H21N3O2S. The van der Waals surface area contributed by atoms with Crippen molar-refractivity contribution in [2.45, 2.75) is 19.8 Å². The van der Waals surface area contributed by atoms with Gasteiger partial charge in [-0.05, 0) is 31.8 Å². The molecule has 0 aromatic rings. The molecule has 1 amide bonds. The Balaban J connectivity index is 2.92. The molecule has 0 spiro atoms. The van der Waals surface area contributed by atoms with Gasteiger partial charge in [0.15, 0.2) is 0 Å². The van der Waals surface area contributed by atoms with Gasteiger partial charge in [0, 0.05) is 11.7 Å². The highest BCUT2D eigenvalue weighted by Crippen LogP contribution is 2.37. The molecule has 1 aliphatic rings. The lowest BCUT2D eigenvalue weighted by atomic mass is 9.69. The highest BCUT2D eigenvalue weighted by molar-refractivity contribution is 7.94. The van der Waals surface area contributed by atoms with E-state index in [0.29, 0.717) is 12.8 Å². The minimum atomic E-state index is -2.66. The normalized spacial score (nSPS) is 25.3. The molecule has 1 saturated heterocycles. The van der Waals surface area contributed by atoms with Crippen molar-refractivity contribution in [3.05, 3.63) is 11.5 Å². The van der Waals surface area contributed by atoms with Crippen LogP contribution in [0.1, 0.15) is 19.8 Å². The quantitative estimate of drug-likeness (QED) is 0.692. The van der Waals surface area contributed by atoms with Crippen molar-refractivity contribution in [2.75, 3.05) is 19.3 Å². The minimum absolute atomic E-state index is 0.0896. The number of carbonyl (C=O) groups is 1. The lowest BCUT2D eigenvalue weighted by Crippen LogP contribution is -2.49. The molecule has 1 fully saturated rings. The molecule has 98 valence electrons. The Labute approximate surface area is 103 Å². The van der Waals surface area contributed by atoms with Crippen LogP contribution in [0, 0.1) is 16.1 Å². The fraction of sp³-hybridized carbons (Fsp3) is 0.727.